The molecule has 2 radical (unpaired) electrons. The molecule has 1 heterocycles. The number of hydrogen-bond donors (Lipinski definition) is 1. The second-order valence-electron chi connectivity index (χ2n) is 2.04. The van der Waals surface area contributed by atoms with Crippen LogP contribution in [0.1, 0.15) is 0 Å². The van der Waals surface area contributed by atoms with Gasteiger partial charge in [-0.15, -0.1) is 0 Å². The van der Waals surface area contributed by atoms with E-state index in [2.05, 4.69) is 5.23 Å². The van der Waals surface area contributed by atoms with Crippen LogP contribution >= 0.6 is 0 Å². The van der Waals surface area contributed by atoms with E-state index in [0.717, 1.165) is 0 Å². The lowest BCUT2D eigenvalue weighted by molar-refractivity contribution is -0.0916. The number of rotatable bonds is 0. The summed E-state index contributed by atoms with van der Waals surface area (Å²) in [5.41, 5.74) is -0.453. The van der Waals surface area contributed by atoms with Crippen molar-refractivity contribution in [3.8, 4) is 0 Å². The van der Waals surface area contributed by atoms with E-state index in [1.54, 1.807) is 0 Å². The molecule has 0 saturated carbocycles. The van der Waals surface area contributed by atoms with Crippen LogP contribution in [-0.2, 0) is 0 Å². The lowest BCUT2D eigenvalue weighted by atomic mass is 9.81. The van der Waals surface area contributed by atoms with Crippen molar-refractivity contribution >= 4 is 7.41 Å². The van der Waals surface area contributed by atoms with E-state index in [4.69, 9.17) is 0 Å². The molecule has 1 nitrogen and oxygen atoms in total. The van der Waals surface area contributed by atoms with E-state index in [1.165, 1.54) is 13.5 Å². The molecular weight excluding hydrogens is 142 g/mol. The van der Waals surface area contributed by atoms with Gasteiger partial charge < -0.3 is 5.23 Å². The number of halogens is 3. The molecule has 0 amide bonds. The van der Waals surface area contributed by atoms with Crippen LogP contribution in [-0.4, -0.2) is 20.1 Å². The van der Waals surface area contributed by atoms with Crippen LogP contribution in [0.15, 0.2) is 11.6 Å². The summed E-state index contributed by atoms with van der Waals surface area (Å²) >= 11 is 0. The molecule has 0 atom stereocenters. The third kappa shape index (κ3) is 1.77. The minimum atomic E-state index is -4.14. The molecule has 56 valence electrons. The molecule has 0 bridgehead atoms. The van der Waals surface area contributed by atoms with Crippen molar-refractivity contribution < 1.29 is 13.2 Å². The molecule has 0 spiro atoms. The highest BCUT2D eigenvalue weighted by Gasteiger charge is 2.30. The van der Waals surface area contributed by atoms with Crippen molar-refractivity contribution in [2.75, 3.05) is 6.54 Å². The van der Waals surface area contributed by atoms with Gasteiger partial charge >= 0.3 is 6.18 Å². The van der Waals surface area contributed by atoms with Gasteiger partial charge in [0.25, 0.3) is 0 Å². The van der Waals surface area contributed by atoms with Crippen molar-refractivity contribution in [3.05, 3.63) is 11.6 Å². The Bertz CT molecular complexity index is 151. The van der Waals surface area contributed by atoms with Gasteiger partial charge in [-0.3, -0.25) is 0 Å². The standard InChI is InChI=1S/C5H6BF3N/c7-5(8,9)4-1-2-10-6-3-4/h1,10H,2-3H2/q-1. The largest absolute Gasteiger partial charge is 0.552 e. The lowest BCUT2D eigenvalue weighted by Crippen LogP contribution is -2.28. The van der Waals surface area contributed by atoms with E-state index in [0.29, 0.717) is 0 Å². The van der Waals surface area contributed by atoms with Crippen LogP contribution in [0.3, 0.4) is 0 Å². The average molecular weight is 148 g/mol. The zero-order valence-corrected chi connectivity index (χ0v) is 5.20. The summed E-state index contributed by atoms with van der Waals surface area (Å²) in [7, 11) is 1.42. The minimum absolute atomic E-state index is 0.0243. The van der Waals surface area contributed by atoms with Crippen molar-refractivity contribution in [3.63, 3.8) is 0 Å². The molecule has 0 aromatic rings. The molecule has 5 heteroatoms. The van der Waals surface area contributed by atoms with Crippen LogP contribution in [0.25, 0.3) is 0 Å². The van der Waals surface area contributed by atoms with Gasteiger partial charge in [0, 0.05) is 0 Å². The fraction of sp³-hybridized carbons (Fsp3) is 0.600. The van der Waals surface area contributed by atoms with Gasteiger partial charge in [0.15, 0.2) is 0 Å². The van der Waals surface area contributed by atoms with Gasteiger partial charge in [-0.05, 0) is 12.1 Å². The Balaban J connectivity index is 2.62. The maximum Gasteiger partial charge on any atom is 0.409 e. The summed E-state index contributed by atoms with van der Waals surface area (Å²) in [5.74, 6) is 0. The van der Waals surface area contributed by atoms with Crippen LogP contribution < -0.4 is 5.23 Å². The third-order valence-corrected chi connectivity index (χ3v) is 1.30. The summed E-state index contributed by atoms with van der Waals surface area (Å²) in [6.45, 7) is 0.287. The lowest BCUT2D eigenvalue weighted by Gasteiger charge is -2.26. The first-order chi connectivity index (χ1) is 4.61. The summed E-state index contributed by atoms with van der Waals surface area (Å²) in [5, 5.41) is 2.69. The first kappa shape index (κ1) is 7.66. The Labute approximate surface area is 57.6 Å². The van der Waals surface area contributed by atoms with Gasteiger partial charge in [-0.25, -0.2) is 7.41 Å². The van der Waals surface area contributed by atoms with Crippen molar-refractivity contribution in [2.24, 2.45) is 0 Å². The normalized spacial score (nSPS) is 20.5. The molecule has 0 fully saturated rings. The molecule has 1 N–H and O–H groups in total. The van der Waals surface area contributed by atoms with E-state index >= 15 is 0 Å². The summed E-state index contributed by atoms with van der Waals surface area (Å²) in [6, 6.07) is 0. The van der Waals surface area contributed by atoms with E-state index in [1.807, 2.05) is 0 Å². The fourth-order valence-corrected chi connectivity index (χ4v) is 0.762. The maximum absolute atomic E-state index is 11.8. The highest BCUT2D eigenvalue weighted by Crippen LogP contribution is 2.28. The minimum Gasteiger partial charge on any atom is -0.552 e. The number of alkyl halides is 3. The van der Waals surface area contributed by atoms with Gasteiger partial charge in [-0.1, -0.05) is 6.08 Å². The molecule has 0 unspecified atom stereocenters. The number of nitrogens with one attached hydrogen (secondary N) is 1. The highest BCUT2D eigenvalue weighted by atomic mass is 19.4. The monoisotopic (exact) mass is 148 g/mol. The Morgan fingerprint density at radius 1 is 1.50 bits per heavy atom. The molecule has 0 aromatic heterocycles. The Hall–Kier alpha value is -0.445. The van der Waals surface area contributed by atoms with Crippen molar-refractivity contribution in [2.45, 2.75) is 12.5 Å². The molecule has 0 aromatic carbocycles. The van der Waals surface area contributed by atoms with Gasteiger partial charge in [0.2, 0.25) is 0 Å². The zero-order valence-electron chi connectivity index (χ0n) is 5.20. The van der Waals surface area contributed by atoms with E-state index in [9.17, 15) is 13.2 Å². The fourth-order valence-electron chi connectivity index (χ4n) is 0.762. The molecule has 1 aliphatic rings. The maximum atomic E-state index is 11.8. The number of allylic oxidation sites excluding steroid dienone is 1. The van der Waals surface area contributed by atoms with Crippen molar-refractivity contribution in [1.29, 1.82) is 0 Å². The van der Waals surface area contributed by atoms with Crippen LogP contribution in [0.5, 0.6) is 0 Å². The molecule has 0 aliphatic carbocycles. The molecular formula is C5H6BF3N-. The smallest absolute Gasteiger partial charge is 0.409 e. The van der Waals surface area contributed by atoms with E-state index < -0.39 is 11.7 Å². The Morgan fingerprint density at radius 2 is 2.20 bits per heavy atom. The van der Waals surface area contributed by atoms with Crippen LogP contribution in [0.4, 0.5) is 13.2 Å². The SMILES string of the molecule is FC(F)(F)C1=CCN[B-]C1. The first-order valence-corrected chi connectivity index (χ1v) is 2.92. The van der Waals surface area contributed by atoms with Crippen LogP contribution in [0.2, 0.25) is 6.32 Å². The van der Waals surface area contributed by atoms with E-state index in [-0.39, 0.29) is 12.9 Å². The second-order valence-corrected chi connectivity index (χ2v) is 2.04. The average Bonchev–Trinajstić information content (AvgIpc) is 1.88. The highest BCUT2D eigenvalue weighted by molar-refractivity contribution is 6.33. The second kappa shape index (κ2) is 2.66. The Morgan fingerprint density at radius 3 is 2.50 bits per heavy atom. The topological polar surface area (TPSA) is 12.0 Å². The molecule has 10 heavy (non-hydrogen) atoms. The predicted octanol–water partition coefficient (Wildman–Crippen LogP) is 1.12. The van der Waals surface area contributed by atoms with Gasteiger partial charge in [-0.2, -0.15) is 19.5 Å². The quantitative estimate of drug-likeness (QED) is 0.400. The Kier molecular flexibility index (Phi) is 2.04. The van der Waals surface area contributed by atoms with Crippen LogP contribution in [0, 0.1) is 0 Å². The van der Waals surface area contributed by atoms with Crippen molar-refractivity contribution in [1.82, 2.24) is 5.23 Å². The number of hydrogen-bond acceptors (Lipinski definition) is 1. The van der Waals surface area contributed by atoms with Gasteiger partial charge in [0.05, 0.1) is 0 Å². The molecule has 0 saturated heterocycles. The summed E-state index contributed by atoms with van der Waals surface area (Å²) in [4.78, 5) is 0. The predicted molar refractivity (Wildman–Crippen MR) is 32.7 cm³/mol. The van der Waals surface area contributed by atoms with Gasteiger partial charge in [0.1, 0.15) is 0 Å². The summed E-state index contributed by atoms with van der Waals surface area (Å²) in [6.07, 6.45) is -3.00. The summed E-state index contributed by atoms with van der Waals surface area (Å²) < 4.78 is 35.5. The molecule has 1 rings (SSSR count). The zero-order chi connectivity index (χ0) is 7.61. The molecule has 1 aliphatic heterocycles. The third-order valence-electron chi connectivity index (χ3n) is 1.30. The first-order valence-electron chi connectivity index (χ1n) is 2.92.